The zero-order chi connectivity index (χ0) is 26.3. The molecule has 0 bridgehead atoms. The fourth-order valence-corrected chi connectivity index (χ4v) is 4.16. The molecule has 3 rings (SSSR count). The standard InChI is InChI=1S/C23H27ClFN5O5S/c1-16(31)30(26-12-18-8-5-9-21(25)22(18)24)20(13-27-36(2,33)34)15-35-28-23(32)29-11-10-17-6-3-4-7-19(17)14-29/h3-11,20,26-27H,12-15H2,1-2H3,(H,28,32)/t20-/m0/s1. The molecule has 3 amide bonds. The van der Waals surface area contributed by atoms with Gasteiger partial charge in [0.05, 0.1) is 30.5 Å². The van der Waals surface area contributed by atoms with Crippen LogP contribution in [0.4, 0.5) is 9.18 Å². The third-order valence-electron chi connectivity index (χ3n) is 5.28. The number of nitrogens with one attached hydrogen (secondary N) is 3. The van der Waals surface area contributed by atoms with E-state index in [0.29, 0.717) is 12.1 Å². The second-order valence-corrected chi connectivity index (χ2v) is 10.3. The summed E-state index contributed by atoms with van der Waals surface area (Å²) in [5.74, 6) is -1.07. The summed E-state index contributed by atoms with van der Waals surface area (Å²) in [5, 5.41) is 1.04. The topological polar surface area (TPSA) is 120 Å². The molecular weight excluding hydrogens is 513 g/mol. The number of amides is 3. The highest BCUT2D eigenvalue weighted by Crippen LogP contribution is 2.20. The average Bonchev–Trinajstić information content (AvgIpc) is 2.83. The number of rotatable bonds is 10. The predicted octanol–water partition coefficient (Wildman–Crippen LogP) is 2.38. The van der Waals surface area contributed by atoms with Gasteiger partial charge in [-0.05, 0) is 28.8 Å². The van der Waals surface area contributed by atoms with E-state index in [0.717, 1.165) is 22.4 Å². The van der Waals surface area contributed by atoms with Crippen LogP contribution < -0.4 is 15.6 Å². The normalized spacial score (nSPS) is 13.7. The Morgan fingerprint density at radius 1 is 1.22 bits per heavy atom. The zero-order valence-electron chi connectivity index (χ0n) is 19.7. The zero-order valence-corrected chi connectivity index (χ0v) is 21.3. The molecule has 0 fully saturated rings. The van der Waals surface area contributed by atoms with Crippen molar-refractivity contribution in [1.29, 1.82) is 0 Å². The maximum atomic E-state index is 13.8. The summed E-state index contributed by atoms with van der Waals surface area (Å²) in [6.07, 6.45) is 4.40. The van der Waals surface area contributed by atoms with Crippen LogP contribution in [0.25, 0.3) is 6.08 Å². The Labute approximate surface area is 214 Å². The molecule has 1 heterocycles. The van der Waals surface area contributed by atoms with Crippen LogP contribution in [0.15, 0.2) is 48.7 Å². The van der Waals surface area contributed by atoms with E-state index in [-0.39, 0.29) is 24.7 Å². The van der Waals surface area contributed by atoms with Gasteiger partial charge in [0.2, 0.25) is 15.9 Å². The van der Waals surface area contributed by atoms with E-state index in [4.69, 9.17) is 16.4 Å². The number of carbonyl (C=O) groups is 2. The average molecular weight is 540 g/mol. The second kappa shape index (κ2) is 12.3. The number of hydroxylamine groups is 1. The molecule has 36 heavy (non-hydrogen) atoms. The van der Waals surface area contributed by atoms with Gasteiger partial charge in [0.25, 0.3) is 0 Å². The van der Waals surface area contributed by atoms with Crippen molar-refractivity contribution >= 4 is 39.6 Å². The molecule has 10 nitrogen and oxygen atoms in total. The molecule has 0 aliphatic carbocycles. The van der Waals surface area contributed by atoms with Crippen molar-refractivity contribution in [2.24, 2.45) is 0 Å². The Bertz CT molecular complexity index is 1240. The van der Waals surface area contributed by atoms with Crippen molar-refractivity contribution in [2.75, 3.05) is 19.4 Å². The lowest BCUT2D eigenvalue weighted by molar-refractivity contribution is -0.137. The SMILES string of the molecule is CC(=O)N(NCc1cccc(F)c1Cl)[C@@H](CNS(C)(=O)=O)CONC(=O)N1C=Cc2ccccc2C1. The molecule has 0 radical (unpaired) electrons. The van der Waals surface area contributed by atoms with E-state index in [2.05, 4.69) is 15.6 Å². The predicted molar refractivity (Wildman–Crippen MR) is 133 cm³/mol. The van der Waals surface area contributed by atoms with E-state index in [1.54, 1.807) is 18.3 Å². The molecule has 0 saturated carbocycles. The van der Waals surface area contributed by atoms with Crippen LogP contribution in [0.3, 0.4) is 0 Å². The summed E-state index contributed by atoms with van der Waals surface area (Å²) in [6.45, 7) is 1.12. The minimum absolute atomic E-state index is 0.0180. The van der Waals surface area contributed by atoms with Crippen molar-refractivity contribution < 1.29 is 27.2 Å². The van der Waals surface area contributed by atoms with Crippen LogP contribution in [-0.2, 0) is 32.7 Å². The largest absolute Gasteiger partial charge is 0.345 e. The van der Waals surface area contributed by atoms with Gasteiger partial charge >= 0.3 is 6.03 Å². The van der Waals surface area contributed by atoms with E-state index in [9.17, 15) is 22.4 Å². The molecule has 3 N–H and O–H groups in total. The summed E-state index contributed by atoms with van der Waals surface area (Å²) in [6, 6.07) is 10.5. The van der Waals surface area contributed by atoms with Gasteiger partial charge in [0, 0.05) is 26.2 Å². The summed E-state index contributed by atoms with van der Waals surface area (Å²) >= 11 is 5.99. The molecule has 1 aliphatic rings. The number of sulfonamides is 1. The minimum Gasteiger partial charge on any atom is -0.295 e. The van der Waals surface area contributed by atoms with Crippen LogP contribution >= 0.6 is 11.6 Å². The van der Waals surface area contributed by atoms with E-state index in [1.807, 2.05) is 24.3 Å². The van der Waals surface area contributed by atoms with Gasteiger partial charge < -0.3 is 0 Å². The molecule has 0 spiro atoms. The molecule has 2 aromatic carbocycles. The minimum atomic E-state index is -3.59. The van der Waals surface area contributed by atoms with Gasteiger partial charge in [-0.15, -0.1) is 0 Å². The lowest BCUT2D eigenvalue weighted by Crippen LogP contribution is -2.55. The summed E-state index contributed by atoms with van der Waals surface area (Å²) in [4.78, 5) is 31.7. The fourth-order valence-electron chi connectivity index (χ4n) is 3.47. The Hall–Kier alpha value is -3.03. The molecule has 0 unspecified atom stereocenters. The van der Waals surface area contributed by atoms with Crippen LogP contribution in [0, 0.1) is 5.82 Å². The molecule has 13 heteroatoms. The van der Waals surface area contributed by atoms with Gasteiger partial charge in [0.1, 0.15) is 5.82 Å². The van der Waals surface area contributed by atoms with Gasteiger partial charge in [-0.3, -0.25) is 19.5 Å². The summed E-state index contributed by atoms with van der Waals surface area (Å²) < 4.78 is 39.4. The van der Waals surface area contributed by atoms with E-state index >= 15 is 0 Å². The van der Waals surface area contributed by atoms with Gasteiger partial charge in [-0.2, -0.15) is 0 Å². The lowest BCUT2D eigenvalue weighted by Gasteiger charge is -2.31. The van der Waals surface area contributed by atoms with E-state index in [1.165, 1.54) is 24.0 Å². The smallest absolute Gasteiger partial charge is 0.295 e. The Morgan fingerprint density at radius 2 is 1.97 bits per heavy atom. The van der Waals surface area contributed by atoms with Crippen molar-refractivity contribution in [3.05, 3.63) is 76.2 Å². The first-order valence-electron chi connectivity index (χ1n) is 10.9. The molecule has 1 aliphatic heterocycles. The molecule has 194 valence electrons. The molecule has 0 saturated heterocycles. The van der Waals surface area contributed by atoms with Crippen molar-refractivity contribution in [3.8, 4) is 0 Å². The lowest BCUT2D eigenvalue weighted by atomic mass is 10.0. The van der Waals surface area contributed by atoms with Crippen molar-refractivity contribution in [3.63, 3.8) is 0 Å². The molecule has 1 atom stereocenters. The van der Waals surface area contributed by atoms with Crippen LogP contribution in [0.5, 0.6) is 0 Å². The highest BCUT2D eigenvalue weighted by atomic mass is 35.5. The van der Waals surface area contributed by atoms with Crippen LogP contribution in [0.1, 0.15) is 23.6 Å². The second-order valence-electron chi connectivity index (χ2n) is 8.07. The number of hydrogen-bond acceptors (Lipinski definition) is 6. The van der Waals surface area contributed by atoms with Crippen molar-refractivity contribution in [1.82, 2.24) is 25.5 Å². The number of urea groups is 1. The number of halogens is 2. The molecule has 2 aromatic rings. The van der Waals surface area contributed by atoms with Crippen LogP contribution in [-0.4, -0.2) is 55.7 Å². The Morgan fingerprint density at radius 3 is 2.69 bits per heavy atom. The number of nitrogens with zero attached hydrogens (tertiary/aromatic N) is 2. The first kappa shape index (κ1) is 27.6. The maximum Gasteiger partial charge on any atom is 0.345 e. The maximum absolute atomic E-state index is 13.8. The summed E-state index contributed by atoms with van der Waals surface area (Å²) in [7, 11) is -3.59. The van der Waals surface area contributed by atoms with Gasteiger partial charge in [-0.25, -0.2) is 33.2 Å². The monoisotopic (exact) mass is 539 g/mol. The fraction of sp³-hybridized carbons (Fsp3) is 0.304. The summed E-state index contributed by atoms with van der Waals surface area (Å²) in [5.41, 5.74) is 7.52. The number of benzene rings is 2. The van der Waals surface area contributed by atoms with Crippen LogP contribution in [0.2, 0.25) is 5.02 Å². The van der Waals surface area contributed by atoms with Gasteiger partial charge in [0.15, 0.2) is 0 Å². The third-order valence-corrected chi connectivity index (χ3v) is 6.40. The highest BCUT2D eigenvalue weighted by molar-refractivity contribution is 7.88. The third kappa shape index (κ3) is 7.73. The first-order valence-corrected chi connectivity index (χ1v) is 13.2. The number of hydrogen-bond donors (Lipinski definition) is 3. The Kier molecular flexibility index (Phi) is 9.40. The molecule has 0 aromatic heterocycles. The number of carbonyl (C=O) groups excluding carboxylic acids is 2. The molecular formula is C23H27ClFN5O5S. The first-order chi connectivity index (χ1) is 17.0. The number of hydrazine groups is 1. The van der Waals surface area contributed by atoms with E-state index < -0.39 is 33.8 Å². The number of fused-ring (bicyclic) bond motifs is 1. The highest BCUT2D eigenvalue weighted by Gasteiger charge is 2.24. The van der Waals surface area contributed by atoms with Gasteiger partial charge in [-0.1, -0.05) is 48.0 Å². The quantitative estimate of drug-likeness (QED) is 0.399. The van der Waals surface area contributed by atoms with Crippen molar-refractivity contribution in [2.45, 2.75) is 26.1 Å². The Balaban J connectivity index is 1.64.